The molecule has 14 heavy (non-hydrogen) atoms. The third-order valence-electron chi connectivity index (χ3n) is 3.24. The van der Waals surface area contributed by atoms with E-state index in [1.54, 1.807) is 0 Å². The first-order chi connectivity index (χ1) is 6.95. The molecule has 0 unspecified atom stereocenters. The zero-order valence-corrected chi connectivity index (χ0v) is 9.13. The molecule has 0 radical (unpaired) electrons. The van der Waals surface area contributed by atoms with Gasteiger partial charge in [-0.15, -0.1) is 0 Å². The van der Waals surface area contributed by atoms with E-state index in [1.165, 1.54) is 57.9 Å². The molecule has 2 nitrogen and oxygen atoms in total. The Balaban J connectivity index is 1.29. The van der Waals surface area contributed by atoms with Crippen LogP contribution in [0.2, 0.25) is 0 Å². The van der Waals surface area contributed by atoms with Gasteiger partial charge < -0.3 is 10.1 Å². The van der Waals surface area contributed by atoms with Crippen LogP contribution in [0.3, 0.4) is 0 Å². The SMILES string of the molecule is C(CCNC1CC1)CCOC1CCC1. The van der Waals surface area contributed by atoms with Crippen molar-refractivity contribution in [2.75, 3.05) is 13.2 Å². The molecule has 0 spiro atoms. The van der Waals surface area contributed by atoms with Crippen LogP contribution < -0.4 is 5.32 Å². The smallest absolute Gasteiger partial charge is 0.0575 e. The van der Waals surface area contributed by atoms with E-state index in [2.05, 4.69) is 5.32 Å². The van der Waals surface area contributed by atoms with Gasteiger partial charge in [-0.2, -0.15) is 0 Å². The second-order valence-corrected chi connectivity index (χ2v) is 4.71. The summed E-state index contributed by atoms with van der Waals surface area (Å²) >= 11 is 0. The van der Waals surface area contributed by atoms with Gasteiger partial charge in [0.25, 0.3) is 0 Å². The predicted molar refractivity (Wildman–Crippen MR) is 58.5 cm³/mol. The first-order valence-electron chi connectivity index (χ1n) is 6.30. The highest BCUT2D eigenvalue weighted by Crippen LogP contribution is 2.22. The second kappa shape index (κ2) is 5.72. The van der Waals surface area contributed by atoms with Crippen LogP contribution in [0.1, 0.15) is 51.4 Å². The highest BCUT2D eigenvalue weighted by atomic mass is 16.5. The summed E-state index contributed by atoms with van der Waals surface area (Å²) in [5.74, 6) is 0. The standard InChI is InChI=1S/C12H23NO/c1(2-9-13-11-7-8-11)3-10-14-12-5-4-6-12/h11-13H,1-10H2. The summed E-state index contributed by atoms with van der Waals surface area (Å²) in [5.41, 5.74) is 0. The minimum atomic E-state index is 0.625. The topological polar surface area (TPSA) is 21.3 Å². The highest BCUT2D eigenvalue weighted by Gasteiger charge is 2.19. The van der Waals surface area contributed by atoms with E-state index in [4.69, 9.17) is 4.74 Å². The molecule has 0 heterocycles. The fourth-order valence-electron chi connectivity index (χ4n) is 1.78. The molecular weight excluding hydrogens is 174 g/mol. The highest BCUT2D eigenvalue weighted by molar-refractivity contribution is 4.80. The Morgan fingerprint density at radius 1 is 1.00 bits per heavy atom. The number of ether oxygens (including phenoxy) is 1. The first-order valence-corrected chi connectivity index (χ1v) is 6.30. The number of rotatable bonds is 8. The van der Waals surface area contributed by atoms with Gasteiger partial charge in [-0.05, 0) is 57.9 Å². The summed E-state index contributed by atoms with van der Waals surface area (Å²) in [7, 11) is 0. The summed E-state index contributed by atoms with van der Waals surface area (Å²) in [4.78, 5) is 0. The Morgan fingerprint density at radius 2 is 1.86 bits per heavy atom. The molecule has 1 N–H and O–H groups in total. The molecular formula is C12H23NO. The first kappa shape index (κ1) is 10.4. The lowest BCUT2D eigenvalue weighted by molar-refractivity contribution is 0.000671. The number of hydrogen-bond donors (Lipinski definition) is 1. The lowest BCUT2D eigenvalue weighted by Crippen LogP contribution is -2.22. The van der Waals surface area contributed by atoms with E-state index in [9.17, 15) is 0 Å². The Kier molecular flexibility index (Phi) is 4.26. The molecule has 0 aromatic rings. The molecule has 0 saturated heterocycles. The van der Waals surface area contributed by atoms with Crippen LogP contribution in [-0.2, 0) is 4.74 Å². The van der Waals surface area contributed by atoms with Crippen LogP contribution in [0.15, 0.2) is 0 Å². The molecule has 0 atom stereocenters. The van der Waals surface area contributed by atoms with Crippen LogP contribution in [0.4, 0.5) is 0 Å². The molecule has 0 bridgehead atoms. The third-order valence-corrected chi connectivity index (χ3v) is 3.24. The van der Waals surface area contributed by atoms with Crippen molar-refractivity contribution >= 4 is 0 Å². The van der Waals surface area contributed by atoms with Crippen molar-refractivity contribution in [1.82, 2.24) is 5.32 Å². The molecule has 2 rings (SSSR count). The Morgan fingerprint density at radius 3 is 2.50 bits per heavy atom. The second-order valence-electron chi connectivity index (χ2n) is 4.71. The fraction of sp³-hybridized carbons (Fsp3) is 1.00. The van der Waals surface area contributed by atoms with Gasteiger partial charge in [0, 0.05) is 12.6 Å². The van der Waals surface area contributed by atoms with Crippen LogP contribution in [0.25, 0.3) is 0 Å². The van der Waals surface area contributed by atoms with Crippen molar-refractivity contribution in [2.24, 2.45) is 0 Å². The van der Waals surface area contributed by atoms with E-state index in [-0.39, 0.29) is 0 Å². The van der Waals surface area contributed by atoms with E-state index in [1.807, 2.05) is 0 Å². The van der Waals surface area contributed by atoms with E-state index >= 15 is 0 Å². The minimum absolute atomic E-state index is 0.625. The Labute approximate surface area is 87.4 Å². The average Bonchev–Trinajstić information content (AvgIpc) is 2.90. The van der Waals surface area contributed by atoms with Crippen molar-refractivity contribution in [3.8, 4) is 0 Å². The molecule has 2 heteroatoms. The van der Waals surface area contributed by atoms with E-state index < -0.39 is 0 Å². The van der Waals surface area contributed by atoms with Gasteiger partial charge in [0.1, 0.15) is 0 Å². The van der Waals surface area contributed by atoms with Crippen LogP contribution in [0, 0.1) is 0 Å². The summed E-state index contributed by atoms with van der Waals surface area (Å²) in [6, 6.07) is 0.876. The van der Waals surface area contributed by atoms with E-state index in [0.29, 0.717) is 6.10 Å². The van der Waals surface area contributed by atoms with Gasteiger partial charge in [-0.25, -0.2) is 0 Å². The van der Waals surface area contributed by atoms with Gasteiger partial charge >= 0.3 is 0 Å². The number of unbranched alkanes of at least 4 members (excludes halogenated alkanes) is 2. The van der Waals surface area contributed by atoms with Gasteiger partial charge in [0.05, 0.1) is 6.10 Å². The van der Waals surface area contributed by atoms with Gasteiger partial charge in [-0.3, -0.25) is 0 Å². The van der Waals surface area contributed by atoms with Crippen LogP contribution >= 0.6 is 0 Å². The minimum Gasteiger partial charge on any atom is -0.378 e. The Bertz CT molecular complexity index is 152. The zero-order chi connectivity index (χ0) is 9.64. The average molecular weight is 197 g/mol. The third kappa shape index (κ3) is 3.97. The molecule has 2 aliphatic carbocycles. The van der Waals surface area contributed by atoms with Crippen molar-refractivity contribution in [3.63, 3.8) is 0 Å². The van der Waals surface area contributed by atoms with Gasteiger partial charge in [0.15, 0.2) is 0 Å². The van der Waals surface area contributed by atoms with Gasteiger partial charge in [0.2, 0.25) is 0 Å². The lowest BCUT2D eigenvalue weighted by Gasteiger charge is -2.25. The van der Waals surface area contributed by atoms with Crippen molar-refractivity contribution < 1.29 is 4.74 Å². The normalized spacial score (nSPS) is 22.3. The molecule has 0 amide bonds. The summed E-state index contributed by atoms with van der Waals surface area (Å²) in [5, 5.41) is 3.54. The van der Waals surface area contributed by atoms with Crippen molar-refractivity contribution in [2.45, 2.75) is 63.5 Å². The van der Waals surface area contributed by atoms with Gasteiger partial charge in [-0.1, -0.05) is 0 Å². The summed E-state index contributed by atoms with van der Waals surface area (Å²) in [6.07, 6.45) is 11.3. The predicted octanol–water partition coefficient (Wildman–Crippen LogP) is 2.48. The maximum absolute atomic E-state index is 5.70. The molecule has 0 aromatic heterocycles. The zero-order valence-electron chi connectivity index (χ0n) is 9.13. The van der Waals surface area contributed by atoms with Crippen LogP contribution in [-0.4, -0.2) is 25.3 Å². The molecule has 0 aromatic carbocycles. The van der Waals surface area contributed by atoms with Crippen LogP contribution in [0.5, 0.6) is 0 Å². The fourth-order valence-corrected chi connectivity index (χ4v) is 1.78. The molecule has 82 valence electrons. The number of hydrogen-bond acceptors (Lipinski definition) is 2. The van der Waals surface area contributed by atoms with Crippen molar-refractivity contribution in [3.05, 3.63) is 0 Å². The largest absolute Gasteiger partial charge is 0.378 e. The monoisotopic (exact) mass is 197 g/mol. The molecule has 2 fully saturated rings. The summed E-state index contributed by atoms with van der Waals surface area (Å²) < 4.78 is 5.70. The quantitative estimate of drug-likeness (QED) is 0.604. The van der Waals surface area contributed by atoms with E-state index in [0.717, 1.165) is 12.6 Å². The molecule has 2 aliphatic rings. The number of nitrogens with one attached hydrogen (secondary N) is 1. The lowest BCUT2D eigenvalue weighted by atomic mass is 9.96. The molecule has 2 saturated carbocycles. The maximum Gasteiger partial charge on any atom is 0.0575 e. The summed E-state index contributed by atoms with van der Waals surface area (Å²) in [6.45, 7) is 2.21. The van der Waals surface area contributed by atoms with Crippen molar-refractivity contribution in [1.29, 1.82) is 0 Å². The molecule has 0 aliphatic heterocycles. The Hall–Kier alpha value is -0.0800. The maximum atomic E-state index is 5.70.